The number of pyridine rings is 1. The zero-order valence-corrected chi connectivity index (χ0v) is 25.6. The van der Waals surface area contributed by atoms with Gasteiger partial charge >= 0.3 is 0 Å². The number of carbonyl (C=O) groups excluding carboxylic acids is 1. The van der Waals surface area contributed by atoms with Gasteiger partial charge in [-0.1, -0.05) is 20.1 Å². The molecule has 0 atom stereocenters. The van der Waals surface area contributed by atoms with E-state index in [4.69, 9.17) is 14.2 Å². The zero-order valence-electron chi connectivity index (χ0n) is 25.6. The predicted molar refractivity (Wildman–Crippen MR) is 165 cm³/mol. The van der Waals surface area contributed by atoms with E-state index in [0.717, 1.165) is 48.7 Å². The number of nitrogens with one attached hydrogen (secondary N) is 1. The number of allylic oxidation sites excluding steroid dienone is 3. The minimum Gasteiger partial charge on any atom is -0.493 e. The van der Waals surface area contributed by atoms with E-state index in [1.165, 1.54) is 39.2 Å². The van der Waals surface area contributed by atoms with Crippen LogP contribution in [-0.2, 0) is 21.5 Å². The lowest BCUT2D eigenvalue weighted by Gasteiger charge is -2.39. The lowest BCUT2D eigenvalue weighted by Crippen LogP contribution is -2.36. The monoisotopic (exact) mass is 594 g/mol. The quantitative estimate of drug-likeness (QED) is 0.308. The van der Waals surface area contributed by atoms with Crippen molar-refractivity contribution in [3.8, 4) is 11.5 Å². The molecule has 1 aromatic carbocycles. The summed E-state index contributed by atoms with van der Waals surface area (Å²) in [5.74, 6) is -1.32. The Labute approximate surface area is 252 Å². The molecule has 5 rings (SSSR count). The first-order valence-electron chi connectivity index (χ1n) is 14.3. The van der Waals surface area contributed by atoms with Crippen molar-refractivity contribution in [2.75, 3.05) is 39.4 Å². The van der Waals surface area contributed by atoms with Crippen LogP contribution in [0.2, 0.25) is 0 Å². The predicted octanol–water partition coefficient (Wildman–Crippen LogP) is 6.11. The number of anilines is 1. The van der Waals surface area contributed by atoms with Crippen LogP contribution in [0.15, 0.2) is 53.9 Å². The molecule has 230 valence electrons. The van der Waals surface area contributed by atoms with Gasteiger partial charge in [-0.15, -0.1) is 0 Å². The number of benzene rings is 1. The van der Waals surface area contributed by atoms with E-state index < -0.39 is 17.0 Å². The minimum atomic E-state index is -0.819. The highest BCUT2D eigenvalue weighted by molar-refractivity contribution is 5.98. The molecule has 1 saturated carbocycles. The van der Waals surface area contributed by atoms with Crippen LogP contribution in [-0.4, -0.2) is 51.6 Å². The molecular weight excluding hydrogens is 554 g/mol. The Morgan fingerprint density at radius 2 is 1.81 bits per heavy atom. The number of hydrogen-bond acceptors (Lipinski definition) is 7. The molecule has 1 aliphatic carbocycles. The average Bonchev–Trinajstić information content (AvgIpc) is 3.81. The number of nitrogens with zero attached hydrogens (tertiary/aromatic N) is 3. The molecule has 0 radical (unpaired) electrons. The second-order valence-corrected chi connectivity index (χ2v) is 11.0. The third-order valence-electron chi connectivity index (χ3n) is 8.28. The summed E-state index contributed by atoms with van der Waals surface area (Å²) < 4.78 is 46.1. The molecule has 1 aromatic heterocycles. The highest BCUT2D eigenvalue weighted by atomic mass is 19.1. The Bertz CT molecular complexity index is 1430. The molecule has 0 unspecified atom stereocenters. The van der Waals surface area contributed by atoms with Crippen LogP contribution < -0.4 is 19.7 Å². The van der Waals surface area contributed by atoms with E-state index in [9.17, 15) is 4.79 Å². The molecule has 2 fully saturated rings. The highest BCUT2D eigenvalue weighted by Gasteiger charge is 2.53. The van der Waals surface area contributed by atoms with Gasteiger partial charge in [0.2, 0.25) is 5.91 Å². The van der Waals surface area contributed by atoms with E-state index in [0.29, 0.717) is 17.1 Å². The second-order valence-electron chi connectivity index (χ2n) is 11.0. The van der Waals surface area contributed by atoms with Gasteiger partial charge in [0.05, 0.1) is 25.6 Å². The molecular formula is C33H40F2N4O4. The Kier molecular flexibility index (Phi) is 10.0. The topological polar surface area (TPSA) is 85.3 Å². The first-order valence-corrected chi connectivity index (χ1v) is 14.3. The summed E-state index contributed by atoms with van der Waals surface area (Å²) in [6.45, 7) is 14.0. The summed E-state index contributed by atoms with van der Waals surface area (Å²) in [6, 6.07) is 3.15. The summed E-state index contributed by atoms with van der Waals surface area (Å²) in [4.78, 5) is 22.1. The fourth-order valence-corrected chi connectivity index (χ4v) is 5.44. The summed E-state index contributed by atoms with van der Waals surface area (Å²) in [6.07, 6.45) is 8.52. The number of aromatic nitrogens is 1. The smallest absolute Gasteiger partial charge is 0.247 e. The first-order chi connectivity index (χ1) is 20.6. The van der Waals surface area contributed by atoms with Gasteiger partial charge in [-0.05, 0) is 67.4 Å². The lowest BCUT2D eigenvalue weighted by atomic mass is 9.84. The molecule has 1 amide bonds. The molecule has 1 N–H and O–H groups in total. The van der Waals surface area contributed by atoms with Crippen LogP contribution in [0.4, 0.5) is 14.5 Å². The van der Waals surface area contributed by atoms with Gasteiger partial charge in [-0.2, -0.15) is 0 Å². The number of amides is 1. The molecule has 8 nitrogen and oxygen atoms in total. The van der Waals surface area contributed by atoms with Crippen molar-refractivity contribution >= 4 is 23.4 Å². The molecule has 2 aliphatic heterocycles. The maximum absolute atomic E-state index is 15.3. The Hall–Kier alpha value is -4.05. The Morgan fingerprint density at radius 3 is 2.30 bits per heavy atom. The molecule has 3 aliphatic rings. The van der Waals surface area contributed by atoms with Crippen molar-refractivity contribution in [3.63, 3.8) is 0 Å². The molecule has 1 spiro atoms. The largest absolute Gasteiger partial charge is 0.493 e. The summed E-state index contributed by atoms with van der Waals surface area (Å²) in [5.41, 5.74) is 3.58. The van der Waals surface area contributed by atoms with Crippen LogP contribution in [0.1, 0.15) is 56.4 Å². The van der Waals surface area contributed by atoms with Gasteiger partial charge < -0.3 is 24.4 Å². The Morgan fingerprint density at radius 1 is 1.19 bits per heavy atom. The summed E-state index contributed by atoms with van der Waals surface area (Å²) >= 11 is 0. The molecule has 10 heteroatoms. The number of halogens is 2. The van der Waals surface area contributed by atoms with Crippen molar-refractivity contribution in [2.45, 2.75) is 51.5 Å². The normalized spacial score (nSPS) is 17.9. The molecule has 1 saturated heterocycles. The fourth-order valence-electron chi connectivity index (χ4n) is 5.44. The van der Waals surface area contributed by atoms with Crippen molar-refractivity contribution in [3.05, 3.63) is 77.4 Å². The summed E-state index contributed by atoms with van der Waals surface area (Å²) in [5, 5.41) is 2.75. The van der Waals surface area contributed by atoms with Crippen LogP contribution >= 0.6 is 0 Å². The van der Waals surface area contributed by atoms with Gasteiger partial charge in [0.15, 0.2) is 23.1 Å². The van der Waals surface area contributed by atoms with Gasteiger partial charge in [-0.25, -0.2) is 8.78 Å². The van der Waals surface area contributed by atoms with E-state index in [-0.39, 0.29) is 29.6 Å². The molecule has 2 aromatic rings. The van der Waals surface area contributed by atoms with Crippen molar-refractivity contribution < 1.29 is 27.8 Å². The molecule has 0 bridgehead atoms. The minimum absolute atomic E-state index is 0.118. The number of hydrogen-bond donors (Lipinski definition) is 1. The van der Waals surface area contributed by atoms with Crippen molar-refractivity contribution in [1.29, 1.82) is 0 Å². The maximum Gasteiger partial charge on any atom is 0.247 e. The number of aliphatic imine (C=N–C) groups is 1. The van der Waals surface area contributed by atoms with E-state index in [1.807, 2.05) is 13.0 Å². The molecule has 43 heavy (non-hydrogen) atoms. The van der Waals surface area contributed by atoms with Crippen LogP contribution in [0.25, 0.3) is 5.57 Å². The van der Waals surface area contributed by atoms with Gasteiger partial charge in [0.1, 0.15) is 5.69 Å². The second kappa shape index (κ2) is 13.5. The average molecular weight is 595 g/mol. The first kappa shape index (κ1) is 31.9. The standard InChI is InChI=1S/C27H28F2N4O3.C6H12O/c1-7-23(34)32-20(13-30-4)15(2)19-10-18-17(12-31-19)14-33(16(3)27(18)8-9-27)26-24(28)21(35-5)11-22(36-6)25(26)29;1-6-2-4-7-5-3-6/h7,10-13H,1,3,8-9,14H2,2,4-6H3,(H,32,34);6H,2-5H2,1H3/b20-15-,30-13?;. The fraction of sp³-hybridized carbons (Fsp3) is 0.424. The number of fused-ring (bicyclic) bond motifs is 2. The van der Waals surface area contributed by atoms with Crippen LogP contribution in [0, 0.1) is 17.6 Å². The van der Waals surface area contributed by atoms with E-state index in [1.54, 1.807) is 24.4 Å². The summed E-state index contributed by atoms with van der Waals surface area (Å²) in [7, 11) is 4.24. The molecule has 3 heterocycles. The highest BCUT2D eigenvalue weighted by Crippen LogP contribution is 2.59. The van der Waals surface area contributed by atoms with Crippen LogP contribution in [0.3, 0.4) is 0 Å². The van der Waals surface area contributed by atoms with Gasteiger partial charge in [0.25, 0.3) is 0 Å². The third-order valence-corrected chi connectivity index (χ3v) is 8.28. The van der Waals surface area contributed by atoms with Crippen molar-refractivity contribution in [1.82, 2.24) is 10.3 Å². The van der Waals surface area contributed by atoms with Crippen molar-refractivity contribution in [2.24, 2.45) is 10.9 Å². The number of methoxy groups -OCH3 is 2. The maximum atomic E-state index is 15.3. The van der Waals surface area contributed by atoms with E-state index in [2.05, 4.69) is 35.4 Å². The number of ether oxygens (including phenoxy) is 3. The van der Waals surface area contributed by atoms with E-state index >= 15 is 8.78 Å². The number of rotatable bonds is 7. The SMILES string of the molecule is C=CC(=O)N/C(C=NC)=C(/C)c1cc2c(cn1)CN(c1c(F)c(OC)cc(OC)c1F)C(=C)C21CC1.CC1CCOCC1. The lowest BCUT2D eigenvalue weighted by molar-refractivity contribution is -0.115. The Balaban J connectivity index is 0.000000530. The van der Waals surface area contributed by atoms with Gasteiger partial charge in [-0.3, -0.25) is 14.8 Å². The van der Waals surface area contributed by atoms with Gasteiger partial charge in [0, 0.05) is 56.4 Å². The zero-order chi connectivity index (χ0) is 31.3. The number of carbonyl (C=O) groups is 1. The van der Waals surface area contributed by atoms with Crippen LogP contribution in [0.5, 0.6) is 11.5 Å². The third kappa shape index (κ3) is 6.49.